The molecule has 0 saturated heterocycles. The van der Waals surface area contributed by atoms with E-state index in [4.69, 9.17) is 5.11 Å². The van der Waals surface area contributed by atoms with Gasteiger partial charge in [-0.25, -0.2) is 4.98 Å². The summed E-state index contributed by atoms with van der Waals surface area (Å²) in [5.74, 6) is 0.862. The van der Waals surface area contributed by atoms with Gasteiger partial charge in [-0.1, -0.05) is 11.3 Å². The Kier molecular flexibility index (Phi) is 2.07. The number of imidazole rings is 1. The summed E-state index contributed by atoms with van der Waals surface area (Å²) >= 11 is 1.36. The highest BCUT2D eigenvalue weighted by molar-refractivity contribution is 7.13. The standard InChI is InChI=1S/C7H8N4OS/c1-5-8-2-3-11(5)7-10-9-6(4-12)13-7/h2-3,12H,4H2,1H3. The molecule has 1 N–H and O–H groups in total. The molecule has 0 aliphatic carbocycles. The first-order valence-corrected chi connectivity index (χ1v) is 4.56. The van der Waals surface area contributed by atoms with Gasteiger partial charge in [-0.3, -0.25) is 4.57 Å². The molecular weight excluding hydrogens is 188 g/mol. The number of aromatic nitrogens is 4. The Balaban J connectivity index is 2.41. The summed E-state index contributed by atoms with van der Waals surface area (Å²) in [6.07, 6.45) is 3.52. The molecule has 0 radical (unpaired) electrons. The van der Waals surface area contributed by atoms with Gasteiger partial charge in [-0.2, -0.15) is 0 Å². The number of aliphatic hydroxyl groups is 1. The van der Waals surface area contributed by atoms with Crippen molar-refractivity contribution < 1.29 is 5.11 Å². The number of hydrogen-bond donors (Lipinski definition) is 1. The second-order valence-electron chi connectivity index (χ2n) is 2.48. The van der Waals surface area contributed by atoms with Crippen molar-refractivity contribution in [1.29, 1.82) is 0 Å². The van der Waals surface area contributed by atoms with E-state index in [1.807, 2.05) is 17.7 Å². The van der Waals surface area contributed by atoms with Crippen molar-refractivity contribution >= 4 is 11.3 Å². The Morgan fingerprint density at radius 1 is 1.54 bits per heavy atom. The maximum Gasteiger partial charge on any atom is 0.217 e. The third kappa shape index (κ3) is 1.45. The molecule has 2 aromatic heterocycles. The molecule has 0 bridgehead atoms. The maximum absolute atomic E-state index is 8.80. The molecule has 0 aliphatic heterocycles. The molecule has 6 heteroatoms. The number of nitrogens with zero attached hydrogens (tertiary/aromatic N) is 4. The van der Waals surface area contributed by atoms with E-state index in [1.54, 1.807) is 6.20 Å². The molecule has 5 nitrogen and oxygen atoms in total. The first kappa shape index (κ1) is 8.33. The fourth-order valence-electron chi connectivity index (χ4n) is 0.986. The minimum atomic E-state index is -0.0641. The summed E-state index contributed by atoms with van der Waals surface area (Å²) in [6.45, 7) is 1.82. The second kappa shape index (κ2) is 3.23. The van der Waals surface area contributed by atoms with Crippen molar-refractivity contribution in [3.63, 3.8) is 0 Å². The Bertz CT molecular complexity index is 408. The Morgan fingerprint density at radius 2 is 2.38 bits per heavy atom. The first-order valence-electron chi connectivity index (χ1n) is 3.75. The molecule has 0 fully saturated rings. The van der Waals surface area contributed by atoms with Crippen LogP contribution in [0.3, 0.4) is 0 Å². The lowest BCUT2D eigenvalue weighted by Gasteiger charge is -1.95. The minimum absolute atomic E-state index is 0.0641. The predicted octanol–water partition coefficient (Wildman–Crippen LogP) is 0.525. The summed E-state index contributed by atoms with van der Waals surface area (Å²) in [4.78, 5) is 4.07. The van der Waals surface area contributed by atoms with Crippen molar-refractivity contribution in [2.75, 3.05) is 0 Å². The topological polar surface area (TPSA) is 63.8 Å². The molecule has 0 amide bonds. The van der Waals surface area contributed by atoms with E-state index in [0.29, 0.717) is 5.01 Å². The van der Waals surface area contributed by atoms with Crippen LogP contribution >= 0.6 is 11.3 Å². The van der Waals surface area contributed by atoms with Gasteiger partial charge in [0, 0.05) is 12.4 Å². The van der Waals surface area contributed by atoms with E-state index in [9.17, 15) is 0 Å². The van der Waals surface area contributed by atoms with Crippen LogP contribution < -0.4 is 0 Å². The number of aliphatic hydroxyl groups excluding tert-OH is 1. The highest BCUT2D eigenvalue weighted by atomic mass is 32.1. The lowest BCUT2D eigenvalue weighted by atomic mass is 10.7. The zero-order valence-electron chi connectivity index (χ0n) is 7.01. The molecule has 0 aliphatic rings. The van der Waals surface area contributed by atoms with Gasteiger partial charge in [0.05, 0.1) is 6.61 Å². The second-order valence-corrected chi connectivity index (χ2v) is 3.52. The zero-order valence-corrected chi connectivity index (χ0v) is 7.82. The molecule has 0 atom stereocenters. The SMILES string of the molecule is Cc1nccn1-c1nnc(CO)s1. The first-order chi connectivity index (χ1) is 6.31. The number of rotatable bonds is 2. The zero-order chi connectivity index (χ0) is 9.26. The van der Waals surface area contributed by atoms with Gasteiger partial charge >= 0.3 is 0 Å². The number of aryl methyl sites for hydroxylation is 1. The Labute approximate surface area is 78.7 Å². The molecule has 0 unspecified atom stereocenters. The smallest absolute Gasteiger partial charge is 0.217 e. The van der Waals surface area contributed by atoms with Gasteiger partial charge < -0.3 is 5.11 Å². The van der Waals surface area contributed by atoms with E-state index in [1.165, 1.54) is 11.3 Å². The molecule has 0 aromatic carbocycles. The van der Waals surface area contributed by atoms with Crippen LogP contribution in [-0.2, 0) is 6.61 Å². The lowest BCUT2D eigenvalue weighted by Crippen LogP contribution is -1.93. The van der Waals surface area contributed by atoms with Gasteiger partial charge in [0.1, 0.15) is 10.8 Å². The largest absolute Gasteiger partial charge is 0.389 e. The highest BCUT2D eigenvalue weighted by Gasteiger charge is 2.06. The Hall–Kier alpha value is -1.27. The summed E-state index contributed by atoms with van der Waals surface area (Å²) < 4.78 is 1.83. The van der Waals surface area contributed by atoms with Gasteiger partial charge in [0.15, 0.2) is 0 Å². The average molecular weight is 196 g/mol. The van der Waals surface area contributed by atoms with Crippen LogP contribution in [-0.4, -0.2) is 24.9 Å². The van der Waals surface area contributed by atoms with Crippen LogP contribution in [0.2, 0.25) is 0 Å². The van der Waals surface area contributed by atoms with Gasteiger partial charge in [-0.05, 0) is 6.92 Å². The van der Waals surface area contributed by atoms with Gasteiger partial charge in [0.2, 0.25) is 5.13 Å². The van der Waals surface area contributed by atoms with Crippen molar-refractivity contribution in [3.05, 3.63) is 23.2 Å². The molecular formula is C7H8N4OS. The van der Waals surface area contributed by atoms with E-state index < -0.39 is 0 Å². The van der Waals surface area contributed by atoms with Gasteiger partial charge in [-0.15, -0.1) is 10.2 Å². The average Bonchev–Trinajstić information content (AvgIpc) is 2.71. The van der Waals surface area contributed by atoms with Crippen molar-refractivity contribution in [2.24, 2.45) is 0 Å². The monoisotopic (exact) mass is 196 g/mol. The molecule has 2 rings (SSSR count). The molecule has 13 heavy (non-hydrogen) atoms. The molecule has 2 heterocycles. The van der Waals surface area contributed by atoms with Crippen LogP contribution in [0.15, 0.2) is 12.4 Å². The maximum atomic E-state index is 8.80. The lowest BCUT2D eigenvalue weighted by molar-refractivity contribution is 0.280. The summed E-state index contributed by atoms with van der Waals surface area (Å²) in [5.41, 5.74) is 0. The van der Waals surface area contributed by atoms with Crippen LogP contribution in [0.5, 0.6) is 0 Å². The number of hydrogen-bond acceptors (Lipinski definition) is 5. The van der Waals surface area contributed by atoms with Crippen molar-refractivity contribution in [2.45, 2.75) is 13.5 Å². The molecule has 68 valence electrons. The van der Waals surface area contributed by atoms with Crippen LogP contribution in [0.1, 0.15) is 10.8 Å². The fourth-order valence-corrected chi connectivity index (χ4v) is 1.72. The van der Waals surface area contributed by atoms with E-state index in [2.05, 4.69) is 15.2 Å². The van der Waals surface area contributed by atoms with Crippen molar-refractivity contribution in [3.8, 4) is 5.13 Å². The predicted molar refractivity (Wildman–Crippen MR) is 47.7 cm³/mol. The summed E-state index contributed by atoms with van der Waals surface area (Å²) in [5, 5.41) is 17.9. The minimum Gasteiger partial charge on any atom is -0.389 e. The van der Waals surface area contributed by atoms with Crippen LogP contribution in [0.25, 0.3) is 5.13 Å². The van der Waals surface area contributed by atoms with E-state index >= 15 is 0 Å². The third-order valence-electron chi connectivity index (χ3n) is 1.62. The Morgan fingerprint density at radius 3 is 2.92 bits per heavy atom. The van der Waals surface area contributed by atoms with Crippen LogP contribution in [0.4, 0.5) is 0 Å². The molecule has 2 aromatic rings. The molecule has 0 spiro atoms. The summed E-state index contributed by atoms with van der Waals surface area (Å²) in [7, 11) is 0. The fraction of sp³-hybridized carbons (Fsp3) is 0.286. The van der Waals surface area contributed by atoms with E-state index in [0.717, 1.165) is 11.0 Å². The van der Waals surface area contributed by atoms with E-state index in [-0.39, 0.29) is 6.61 Å². The summed E-state index contributed by atoms with van der Waals surface area (Å²) in [6, 6.07) is 0. The van der Waals surface area contributed by atoms with Crippen LogP contribution in [0, 0.1) is 6.92 Å². The highest BCUT2D eigenvalue weighted by Crippen LogP contribution is 2.15. The third-order valence-corrected chi connectivity index (χ3v) is 2.53. The molecule has 0 saturated carbocycles. The van der Waals surface area contributed by atoms with Crippen molar-refractivity contribution in [1.82, 2.24) is 19.7 Å². The van der Waals surface area contributed by atoms with Gasteiger partial charge in [0.25, 0.3) is 0 Å². The quantitative estimate of drug-likeness (QED) is 0.760. The normalized spacial score (nSPS) is 10.6.